The van der Waals surface area contributed by atoms with Crippen LogP contribution in [0.15, 0.2) is 44.6 Å². The normalized spacial score (nSPS) is 16.5. The van der Waals surface area contributed by atoms with Crippen molar-refractivity contribution in [2.24, 2.45) is 0 Å². The van der Waals surface area contributed by atoms with Gasteiger partial charge in [-0.1, -0.05) is 22.8 Å². The van der Waals surface area contributed by atoms with Crippen molar-refractivity contribution in [1.82, 2.24) is 29.5 Å². The van der Waals surface area contributed by atoms with Crippen molar-refractivity contribution < 1.29 is 9.26 Å². The summed E-state index contributed by atoms with van der Waals surface area (Å²) in [6.45, 7) is 7.73. The van der Waals surface area contributed by atoms with Gasteiger partial charge in [-0.3, -0.25) is 18.9 Å². The Labute approximate surface area is 221 Å². The molecule has 0 bridgehead atoms. The zero-order valence-corrected chi connectivity index (χ0v) is 21.9. The number of aryl methyl sites for hydroxylation is 2. The number of benzene rings is 1. The lowest BCUT2D eigenvalue weighted by Crippen LogP contribution is -2.24. The average molecular weight is 536 g/mol. The first-order valence-corrected chi connectivity index (χ1v) is 12.8. The molecule has 5 aromatic rings. The van der Waals surface area contributed by atoms with Crippen LogP contribution in [0.2, 0.25) is 5.15 Å². The summed E-state index contributed by atoms with van der Waals surface area (Å²) in [5, 5.41) is 14.6. The number of ether oxygens (including phenoxy) is 1. The molecule has 2 atom stereocenters. The summed E-state index contributed by atoms with van der Waals surface area (Å²) in [5.74, 6) is -0.528. The Hall–Kier alpha value is -3.96. The topological polar surface area (TPSA) is 133 Å². The number of H-pyrrole nitrogens is 1. The molecule has 1 saturated heterocycles. The number of anilines is 1. The van der Waals surface area contributed by atoms with Gasteiger partial charge in [-0.25, -0.2) is 14.5 Å². The molecule has 0 saturated carbocycles. The molecule has 4 aromatic heterocycles. The number of hydrogen-bond donors (Lipinski definition) is 2. The quantitative estimate of drug-likeness (QED) is 0.309. The van der Waals surface area contributed by atoms with Gasteiger partial charge in [0.1, 0.15) is 16.5 Å². The monoisotopic (exact) mass is 535 g/mol. The molecule has 6 rings (SSSR count). The maximum Gasteiger partial charge on any atom is 0.439 e. The van der Waals surface area contributed by atoms with Crippen molar-refractivity contribution in [3.05, 3.63) is 67.6 Å². The van der Waals surface area contributed by atoms with Crippen LogP contribution in [0, 0.1) is 6.92 Å². The fourth-order valence-electron chi connectivity index (χ4n) is 5.32. The first kappa shape index (κ1) is 24.4. The highest BCUT2D eigenvalue weighted by Crippen LogP contribution is 2.35. The molecule has 0 aliphatic carbocycles. The number of nitrogens with one attached hydrogen (secondary N) is 2. The van der Waals surface area contributed by atoms with Gasteiger partial charge < -0.3 is 10.1 Å². The van der Waals surface area contributed by atoms with Crippen LogP contribution in [0.25, 0.3) is 33.3 Å². The standard InChI is InChI=1S/C26H26ClN7O4/c1-4-33-24-18(11-28-34(24)15-7-8-37-12-15)21-16(9-13(2)10-17(21)25(33)35)14(3)29-19-5-6-20(27)30-22(19)23-31-26(36)38-32-23/h5-6,9-11,14-15,29H,4,7-8,12H2,1-3H3,(H,31,32,36). The second-order valence-electron chi connectivity index (χ2n) is 9.51. The van der Waals surface area contributed by atoms with Gasteiger partial charge >= 0.3 is 5.76 Å². The highest BCUT2D eigenvalue weighted by molar-refractivity contribution is 6.29. The van der Waals surface area contributed by atoms with E-state index in [2.05, 4.69) is 31.0 Å². The molecule has 2 N–H and O–H groups in total. The molecular formula is C26H26ClN7O4. The molecule has 1 aliphatic rings. The molecule has 196 valence electrons. The molecule has 11 nitrogen and oxygen atoms in total. The van der Waals surface area contributed by atoms with E-state index in [9.17, 15) is 9.59 Å². The van der Waals surface area contributed by atoms with E-state index in [-0.39, 0.29) is 28.6 Å². The van der Waals surface area contributed by atoms with E-state index in [1.807, 2.05) is 37.7 Å². The van der Waals surface area contributed by atoms with Crippen LogP contribution in [-0.4, -0.2) is 42.7 Å². The largest absolute Gasteiger partial charge is 0.439 e. The van der Waals surface area contributed by atoms with Gasteiger partial charge in [0.15, 0.2) is 0 Å². The highest BCUT2D eigenvalue weighted by Gasteiger charge is 2.26. The summed E-state index contributed by atoms with van der Waals surface area (Å²) in [6.07, 6.45) is 2.70. The Kier molecular flexibility index (Phi) is 6.04. The molecule has 38 heavy (non-hydrogen) atoms. The maximum absolute atomic E-state index is 13.8. The maximum atomic E-state index is 13.8. The minimum absolute atomic E-state index is 0.0539. The molecule has 12 heteroatoms. The van der Waals surface area contributed by atoms with Gasteiger partial charge in [-0.05, 0) is 56.5 Å². The summed E-state index contributed by atoms with van der Waals surface area (Å²) >= 11 is 6.15. The summed E-state index contributed by atoms with van der Waals surface area (Å²) in [5.41, 5.74) is 3.58. The van der Waals surface area contributed by atoms with Crippen molar-refractivity contribution >= 4 is 39.1 Å². The number of fused-ring (bicyclic) bond motifs is 3. The molecule has 0 amide bonds. The van der Waals surface area contributed by atoms with E-state index in [0.717, 1.165) is 34.0 Å². The van der Waals surface area contributed by atoms with Gasteiger partial charge in [0.25, 0.3) is 5.56 Å². The van der Waals surface area contributed by atoms with Crippen LogP contribution in [0.4, 0.5) is 5.69 Å². The molecule has 1 fully saturated rings. The molecule has 0 spiro atoms. The SMILES string of the molecule is CCn1c(=O)c2cc(C)cc(C(C)Nc3ccc(Cl)nc3-c3noc(=O)[nH]3)c2c2cnn(C3CCOC3)c21. The van der Waals surface area contributed by atoms with Gasteiger partial charge in [0.05, 0.1) is 24.5 Å². The van der Waals surface area contributed by atoms with Crippen molar-refractivity contribution in [3.63, 3.8) is 0 Å². The Morgan fingerprint density at radius 2 is 2.11 bits per heavy atom. The molecule has 1 aromatic carbocycles. The third-order valence-corrected chi connectivity index (χ3v) is 7.23. The molecule has 0 radical (unpaired) electrons. The summed E-state index contributed by atoms with van der Waals surface area (Å²) in [6, 6.07) is 7.24. The molecular weight excluding hydrogens is 510 g/mol. The second kappa shape index (κ2) is 9.41. The second-order valence-corrected chi connectivity index (χ2v) is 9.90. The average Bonchev–Trinajstić information content (AvgIpc) is 3.66. The summed E-state index contributed by atoms with van der Waals surface area (Å²) < 4.78 is 14.0. The van der Waals surface area contributed by atoms with Crippen LogP contribution in [-0.2, 0) is 11.3 Å². The first-order chi connectivity index (χ1) is 18.4. The number of aromatic amines is 1. The Morgan fingerprint density at radius 1 is 1.26 bits per heavy atom. The van der Waals surface area contributed by atoms with Gasteiger partial charge in [-0.15, -0.1) is 0 Å². The minimum atomic E-state index is -0.690. The van der Waals surface area contributed by atoms with Crippen molar-refractivity contribution in [1.29, 1.82) is 0 Å². The predicted molar refractivity (Wildman–Crippen MR) is 144 cm³/mol. The zero-order chi connectivity index (χ0) is 26.6. The number of pyridine rings is 2. The van der Waals surface area contributed by atoms with E-state index >= 15 is 0 Å². The Bertz CT molecular complexity index is 1800. The zero-order valence-electron chi connectivity index (χ0n) is 21.1. The van der Waals surface area contributed by atoms with Crippen LogP contribution in [0.3, 0.4) is 0 Å². The number of hydrogen-bond acceptors (Lipinski definition) is 8. The summed E-state index contributed by atoms with van der Waals surface area (Å²) in [4.78, 5) is 32.3. The van der Waals surface area contributed by atoms with E-state index in [0.29, 0.717) is 36.5 Å². The Balaban J connectivity index is 1.54. The van der Waals surface area contributed by atoms with E-state index in [1.54, 1.807) is 16.7 Å². The number of rotatable bonds is 6. The van der Waals surface area contributed by atoms with Crippen LogP contribution < -0.4 is 16.6 Å². The summed E-state index contributed by atoms with van der Waals surface area (Å²) in [7, 11) is 0. The van der Waals surface area contributed by atoms with Crippen LogP contribution in [0.1, 0.15) is 43.5 Å². The fourth-order valence-corrected chi connectivity index (χ4v) is 5.47. The smallest absolute Gasteiger partial charge is 0.379 e. The number of aromatic nitrogens is 6. The van der Waals surface area contributed by atoms with E-state index in [1.165, 1.54) is 0 Å². The highest BCUT2D eigenvalue weighted by atomic mass is 35.5. The lowest BCUT2D eigenvalue weighted by molar-refractivity contribution is 0.185. The Morgan fingerprint density at radius 3 is 2.82 bits per heavy atom. The lowest BCUT2D eigenvalue weighted by Gasteiger charge is -2.21. The van der Waals surface area contributed by atoms with E-state index < -0.39 is 5.76 Å². The fraction of sp³-hybridized carbons (Fsp3) is 0.346. The van der Waals surface area contributed by atoms with Crippen LogP contribution >= 0.6 is 11.6 Å². The van der Waals surface area contributed by atoms with Gasteiger partial charge in [0.2, 0.25) is 5.82 Å². The third-order valence-electron chi connectivity index (χ3n) is 7.02. The number of halogens is 1. The number of nitrogens with zero attached hydrogens (tertiary/aromatic N) is 5. The first-order valence-electron chi connectivity index (χ1n) is 12.5. The van der Waals surface area contributed by atoms with E-state index in [4.69, 9.17) is 21.4 Å². The van der Waals surface area contributed by atoms with Gasteiger partial charge in [-0.2, -0.15) is 5.10 Å². The minimum Gasteiger partial charge on any atom is -0.379 e. The molecule has 2 unspecified atom stereocenters. The van der Waals surface area contributed by atoms with Crippen molar-refractivity contribution in [2.45, 2.75) is 45.8 Å². The predicted octanol–water partition coefficient (Wildman–Crippen LogP) is 4.21. The van der Waals surface area contributed by atoms with Crippen molar-refractivity contribution in [2.75, 3.05) is 18.5 Å². The van der Waals surface area contributed by atoms with Crippen LogP contribution in [0.5, 0.6) is 0 Å². The molecule has 5 heterocycles. The molecule has 1 aliphatic heterocycles. The lowest BCUT2D eigenvalue weighted by atomic mass is 9.95. The third kappa shape index (κ3) is 3.98. The van der Waals surface area contributed by atoms with Gasteiger partial charge in [0, 0.05) is 35.4 Å². The van der Waals surface area contributed by atoms with Crippen molar-refractivity contribution in [3.8, 4) is 11.5 Å².